The molecule has 1 N–H and O–H groups in total. The Labute approximate surface area is 118 Å². The molecule has 2 rings (SSSR count). The van der Waals surface area contributed by atoms with Crippen molar-refractivity contribution >= 4 is 17.5 Å². The quantitative estimate of drug-likeness (QED) is 0.869. The van der Waals surface area contributed by atoms with Gasteiger partial charge in [-0.15, -0.1) is 0 Å². The molecule has 0 unspecified atom stereocenters. The molecule has 110 valence electrons. The number of nitrogens with one attached hydrogen (secondary N) is 1. The number of aromatic nitrogens is 2. The molecule has 1 saturated heterocycles. The van der Waals surface area contributed by atoms with Crippen LogP contribution >= 0.6 is 0 Å². The van der Waals surface area contributed by atoms with Gasteiger partial charge in [0, 0.05) is 39.6 Å². The Hall–Kier alpha value is -2.05. The van der Waals surface area contributed by atoms with Crippen LogP contribution in [0.4, 0.5) is 11.6 Å². The topological polar surface area (TPSA) is 70.6 Å². The largest absolute Gasteiger partial charge is 0.490 e. The maximum absolute atomic E-state index is 11.4. The molecule has 7 nitrogen and oxygen atoms in total. The molecule has 20 heavy (non-hydrogen) atoms. The summed E-state index contributed by atoms with van der Waals surface area (Å²) in [7, 11) is 1.62. The van der Waals surface area contributed by atoms with E-state index in [1.165, 1.54) is 6.33 Å². The molecular weight excluding hydrogens is 258 g/mol. The molecule has 1 aromatic rings. The Bertz CT molecular complexity index is 472. The number of piperazine rings is 1. The van der Waals surface area contributed by atoms with E-state index in [2.05, 4.69) is 20.2 Å². The van der Waals surface area contributed by atoms with Crippen molar-refractivity contribution in [1.82, 2.24) is 14.9 Å². The summed E-state index contributed by atoms with van der Waals surface area (Å²) >= 11 is 0. The van der Waals surface area contributed by atoms with Crippen molar-refractivity contribution in [3.05, 3.63) is 6.33 Å². The van der Waals surface area contributed by atoms with Gasteiger partial charge in [0.15, 0.2) is 11.6 Å². The van der Waals surface area contributed by atoms with E-state index in [-0.39, 0.29) is 5.91 Å². The fraction of sp³-hybridized carbons (Fsp3) is 0.615. The predicted molar refractivity (Wildman–Crippen MR) is 77.2 cm³/mol. The lowest BCUT2D eigenvalue weighted by atomic mass is 10.3. The lowest BCUT2D eigenvalue weighted by Gasteiger charge is -2.35. The molecule has 1 fully saturated rings. The van der Waals surface area contributed by atoms with E-state index in [0.717, 1.165) is 25.5 Å². The van der Waals surface area contributed by atoms with Gasteiger partial charge in [-0.2, -0.15) is 0 Å². The molecular formula is C13H21N5O2. The highest BCUT2D eigenvalue weighted by Gasteiger charge is 2.23. The Kier molecular flexibility index (Phi) is 4.60. The summed E-state index contributed by atoms with van der Waals surface area (Å²) in [5.41, 5.74) is 0. The molecule has 1 aromatic heterocycles. The van der Waals surface area contributed by atoms with Gasteiger partial charge in [0.2, 0.25) is 11.7 Å². The minimum atomic E-state index is 0.118. The van der Waals surface area contributed by atoms with E-state index in [9.17, 15) is 4.79 Å². The standard InChI is InChI=1S/C13H21N5O2/c1-4-14-12-11(20-3)13(16-9-15-12)18-7-5-17(6-8-18)10(2)19/h9H,4-8H2,1-3H3,(H,14,15,16). The van der Waals surface area contributed by atoms with E-state index in [0.29, 0.717) is 24.7 Å². The van der Waals surface area contributed by atoms with Crippen molar-refractivity contribution in [2.24, 2.45) is 0 Å². The van der Waals surface area contributed by atoms with Crippen molar-refractivity contribution in [2.45, 2.75) is 13.8 Å². The Morgan fingerprint density at radius 1 is 1.35 bits per heavy atom. The molecule has 0 atom stereocenters. The van der Waals surface area contributed by atoms with Crippen LogP contribution in [0.5, 0.6) is 5.75 Å². The fourth-order valence-electron chi connectivity index (χ4n) is 2.30. The van der Waals surface area contributed by atoms with Crippen molar-refractivity contribution in [1.29, 1.82) is 0 Å². The number of anilines is 2. The lowest BCUT2D eigenvalue weighted by molar-refractivity contribution is -0.129. The summed E-state index contributed by atoms with van der Waals surface area (Å²) in [6, 6.07) is 0. The van der Waals surface area contributed by atoms with E-state index < -0.39 is 0 Å². The highest BCUT2D eigenvalue weighted by atomic mass is 16.5. The summed E-state index contributed by atoms with van der Waals surface area (Å²) < 4.78 is 5.45. The zero-order chi connectivity index (χ0) is 14.5. The highest BCUT2D eigenvalue weighted by molar-refractivity contribution is 5.73. The first-order valence-electron chi connectivity index (χ1n) is 6.80. The van der Waals surface area contributed by atoms with Crippen LogP contribution in [-0.2, 0) is 4.79 Å². The SMILES string of the molecule is CCNc1ncnc(N2CCN(C(C)=O)CC2)c1OC. The van der Waals surface area contributed by atoms with Crippen LogP contribution < -0.4 is 15.0 Å². The number of hydrogen-bond acceptors (Lipinski definition) is 6. The number of carbonyl (C=O) groups excluding carboxylic acids is 1. The molecule has 0 saturated carbocycles. The van der Waals surface area contributed by atoms with Gasteiger partial charge in [-0.1, -0.05) is 0 Å². The number of rotatable bonds is 4. The maximum atomic E-state index is 11.4. The molecule has 0 spiro atoms. The summed E-state index contributed by atoms with van der Waals surface area (Å²) in [5, 5.41) is 3.17. The number of nitrogens with zero attached hydrogens (tertiary/aromatic N) is 4. The van der Waals surface area contributed by atoms with E-state index >= 15 is 0 Å². The highest BCUT2D eigenvalue weighted by Crippen LogP contribution is 2.32. The lowest BCUT2D eigenvalue weighted by Crippen LogP contribution is -2.48. The van der Waals surface area contributed by atoms with Crippen molar-refractivity contribution < 1.29 is 9.53 Å². The zero-order valence-corrected chi connectivity index (χ0v) is 12.2. The average molecular weight is 279 g/mol. The summed E-state index contributed by atoms with van der Waals surface area (Å²) in [5.74, 6) is 2.26. The Balaban J connectivity index is 2.17. The smallest absolute Gasteiger partial charge is 0.219 e. The molecule has 1 amide bonds. The molecule has 7 heteroatoms. The number of carbonyl (C=O) groups is 1. The second-order valence-corrected chi connectivity index (χ2v) is 4.60. The van der Waals surface area contributed by atoms with Gasteiger partial charge in [0.25, 0.3) is 0 Å². The van der Waals surface area contributed by atoms with Crippen LogP contribution in [0.15, 0.2) is 6.33 Å². The normalized spacial score (nSPS) is 15.2. The summed E-state index contributed by atoms with van der Waals surface area (Å²) in [6.45, 7) is 7.29. The number of ether oxygens (including phenoxy) is 1. The van der Waals surface area contributed by atoms with E-state index in [1.807, 2.05) is 11.8 Å². The monoisotopic (exact) mass is 279 g/mol. The molecule has 2 heterocycles. The minimum Gasteiger partial charge on any atom is -0.490 e. The van der Waals surface area contributed by atoms with Gasteiger partial charge in [0.1, 0.15) is 6.33 Å². The van der Waals surface area contributed by atoms with E-state index in [4.69, 9.17) is 4.74 Å². The van der Waals surface area contributed by atoms with Crippen LogP contribution in [0.3, 0.4) is 0 Å². The fourth-order valence-corrected chi connectivity index (χ4v) is 2.30. The van der Waals surface area contributed by atoms with Gasteiger partial charge in [-0.25, -0.2) is 9.97 Å². The van der Waals surface area contributed by atoms with Gasteiger partial charge in [0.05, 0.1) is 7.11 Å². The second-order valence-electron chi connectivity index (χ2n) is 4.60. The third kappa shape index (κ3) is 2.92. The van der Waals surface area contributed by atoms with Crippen LogP contribution in [0, 0.1) is 0 Å². The van der Waals surface area contributed by atoms with Crippen molar-refractivity contribution in [3.63, 3.8) is 0 Å². The predicted octanol–water partition coefficient (Wildman–Crippen LogP) is 0.585. The first-order valence-corrected chi connectivity index (χ1v) is 6.80. The van der Waals surface area contributed by atoms with Crippen LogP contribution in [0.25, 0.3) is 0 Å². The second kappa shape index (κ2) is 6.40. The van der Waals surface area contributed by atoms with Gasteiger partial charge in [-0.05, 0) is 6.92 Å². The molecule has 0 radical (unpaired) electrons. The Morgan fingerprint density at radius 3 is 2.60 bits per heavy atom. The van der Waals surface area contributed by atoms with Gasteiger partial charge in [-0.3, -0.25) is 4.79 Å². The first kappa shape index (κ1) is 14.4. The Morgan fingerprint density at radius 2 is 2.05 bits per heavy atom. The molecule has 1 aliphatic rings. The number of methoxy groups -OCH3 is 1. The minimum absolute atomic E-state index is 0.118. The van der Waals surface area contributed by atoms with E-state index in [1.54, 1.807) is 14.0 Å². The zero-order valence-electron chi connectivity index (χ0n) is 12.2. The summed E-state index contributed by atoms with van der Waals surface area (Å²) in [6.07, 6.45) is 1.53. The molecule has 0 aliphatic carbocycles. The van der Waals surface area contributed by atoms with Crippen LogP contribution in [0.1, 0.15) is 13.8 Å². The third-order valence-electron chi connectivity index (χ3n) is 3.36. The number of amides is 1. The third-order valence-corrected chi connectivity index (χ3v) is 3.36. The maximum Gasteiger partial charge on any atom is 0.219 e. The van der Waals surface area contributed by atoms with Crippen molar-refractivity contribution in [3.8, 4) is 5.75 Å². The first-order chi connectivity index (χ1) is 9.67. The van der Waals surface area contributed by atoms with Crippen LogP contribution in [0.2, 0.25) is 0 Å². The number of hydrogen-bond donors (Lipinski definition) is 1. The molecule has 0 aromatic carbocycles. The molecule has 1 aliphatic heterocycles. The van der Waals surface area contributed by atoms with Crippen molar-refractivity contribution in [2.75, 3.05) is 50.1 Å². The van der Waals surface area contributed by atoms with Gasteiger partial charge < -0.3 is 19.9 Å². The summed E-state index contributed by atoms with van der Waals surface area (Å²) in [4.78, 5) is 23.9. The van der Waals surface area contributed by atoms with Crippen LogP contribution in [-0.4, -0.2) is 60.6 Å². The van der Waals surface area contributed by atoms with Gasteiger partial charge >= 0.3 is 0 Å². The molecule has 0 bridgehead atoms. The average Bonchev–Trinajstić information content (AvgIpc) is 2.47.